The number of carbonyl (C=O) groups excluding carboxylic acids is 1. The van der Waals surface area contributed by atoms with Crippen LogP contribution in [0.2, 0.25) is 0 Å². The summed E-state index contributed by atoms with van der Waals surface area (Å²) in [6, 6.07) is 15.8. The third-order valence-corrected chi connectivity index (χ3v) is 7.10. The number of ether oxygens (including phenoxy) is 2. The van der Waals surface area contributed by atoms with Gasteiger partial charge in [-0.2, -0.15) is 0 Å². The zero-order valence-corrected chi connectivity index (χ0v) is 17.9. The Bertz CT molecular complexity index is 955. The SMILES string of the molecule is CCOc1ccc2nc(S[C@H](C(=O)NC[C@@H]3CCCO3)c3ccccc3)sc2c1. The molecule has 0 unspecified atom stereocenters. The summed E-state index contributed by atoms with van der Waals surface area (Å²) >= 11 is 3.08. The quantitative estimate of drug-likeness (QED) is 0.521. The Labute approximate surface area is 178 Å². The van der Waals surface area contributed by atoms with Gasteiger partial charge < -0.3 is 14.8 Å². The summed E-state index contributed by atoms with van der Waals surface area (Å²) in [6.45, 7) is 3.94. The molecule has 0 radical (unpaired) electrons. The van der Waals surface area contributed by atoms with Gasteiger partial charge in [0.2, 0.25) is 5.91 Å². The average molecular weight is 429 g/mol. The van der Waals surface area contributed by atoms with E-state index in [4.69, 9.17) is 14.5 Å². The number of hydrogen-bond donors (Lipinski definition) is 1. The highest BCUT2D eigenvalue weighted by Crippen LogP contribution is 2.40. The molecule has 0 aliphatic carbocycles. The second kappa shape index (κ2) is 9.61. The molecule has 5 nitrogen and oxygen atoms in total. The van der Waals surface area contributed by atoms with E-state index in [1.54, 1.807) is 11.3 Å². The van der Waals surface area contributed by atoms with Crippen LogP contribution in [0.1, 0.15) is 30.6 Å². The van der Waals surface area contributed by atoms with Gasteiger partial charge in [-0.25, -0.2) is 4.98 Å². The lowest BCUT2D eigenvalue weighted by Gasteiger charge is -2.17. The van der Waals surface area contributed by atoms with Crippen molar-refractivity contribution in [1.29, 1.82) is 0 Å². The van der Waals surface area contributed by atoms with E-state index in [-0.39, 0.29) is 17.3 Å². The molecule has 1 amide bonds. The summed E-state index contributed by atoms with van der Waals surface area (Å²) in [4.78, 5) is 17.7. The molecular formula is C22H24N2O3S2. The number of rotatable bonds is 8. The van der Waals surface area contributed by atoms with Gasteiger partial charge in [0.15, 0.2) is 4.34 Å². The van der Waals surface area contributed by atoms with Crippen LogP contribution in [0.5, 0.6) is 5.75 Å². The fourth-order valence-corrected chi connectivity index (χ4v) is 5.62. The van der Waals surface area contributed by atoms with E-state index in [1.807, 2.05) is 55.5 Å². The highest BCUT2D eigenvalue weighted by Gasteiger charge is 2.25. The maximum atomic E-state index is 13.0. The second-order valence-electron chi connectivity index (χ2n) is 6.83. The van der Waals surface area contributed by atoms with Crippen LogP contribution in [-0.2, 0) is 9.53 Å². The van der Waals surface area contributed by atoms with Crippen LogP contribution >= 0.6 is 23.1 Å². The summed E-state index contributed by atoms with van der Waals surface area (Å²) in [5, 5.41) is 2.72. The Morgan fingerprint density at radius 2 is 2.21 bits per heavy atom. The molecule has 0 bridgehead atoms. The van der Waals surface area contributed by atoms with Gasteiger partial charge in [0.1, 0.15) is 11.0 Å². The van der Waals surface area contributed by atoms with Gasteiger partial charge in [-0.3, -0.25) is 4.79 Å². The first kappa shape index (κ1) is 20.2. The highest BCUT2D eigenvalue weighted by molar-refractivity contribution is 8.02. The van der Waals surface area contributed by atoms with Crippen molar-refractivity contribution >= 4 is 39.2 Å². The van der Waals surface area contributed by atoms with Crippen LogP contribution in [0.4, 0.5) is 0 Å². The molecule has 152 valence electrons. The Hall–Kier alpha value is -2.09. The number of benzene rings is 2. The van der Waals surface area contributed by atoms with Crippen molar-refractivity contribution in [1.82, 2.24) is 10.3 Å². The lowest BCUT2D eigenvalue weighted by molar-refractivity contribution is -0.121. The minimum absolute atomic E-state index is 0.00837. The summed E-state index contributed by atoms with van der Waals surface area (Å²) in [7, 11) is 0. The van der Waals surface area contributed by atoms with E-state index in [0.29, 0.717) is 13.2 Å². The van der Waals surface area contributed by atoms with Crippen LogP contribution < -0.4 is 10.1 Å². The third-order valence-electron chi connectivity index (χ3n) is 4.74. The third kappa shape index (κ3) is 5.10. The predicted octanol–water partition coefficient (Wildman–Crippen LogP) is 4.82. The Morgan fingerprint density at radius 1 is 1.34 bits per heavy atom. The first-order chi connectivity index (χ1) is 14.2. The Balaban J connectivity index is 1.53. The highest BCUT2D eigenvalue weighted by atomic mass is 32.2. The van der Waals surface area contributed by atoms with E-state index in [9.17, 15) is 4.79 Å². The molecule has 2 aromatic carbocycles. The number of nitrogens with zero attached hydrogens (tertiary/aromatic N) is 1. The number of thiazole rings is 1. The van der Waals surface area contributed by atoms with Crippen molar-refractivity contribution < 1.29 is 14.3 Å². The van der Waals surface area contributed by atoms with Gasteiger partial charge in [0, 0.05) is 13.2 Å². The fraction of sp³-hybridized carbons (Fsp3) is 0.364. The van der Waals surface area contributed by atoms with Crippen molar-refractivity contribution in [3.63, 3.8) is 0 Å². The fourth-order valence-electron chi connectivity index (χ4n) is 3.30. The Morgan fingerprint density at radius 3 is 2.97 bits per heavy atom. The van der Waals surface area contributed by atoms with Crippen LogP contribution in [-0.4, -0.2) is 36.8 Å². The average Bonchev–Trinajstić information content (AvgIpc) is 3.40. The first-order valence-corrected chi connectivity index (χ1v) is 11.6. The van der Waals surface area contributed by atoms with Crippen molar-refractivity contribution in [3.8, 4) is 5.75 Å². The molecule has 1 fully saturated rings. The smallest absolute Gasteiger partial charge is 0.238 e. The molecule has 0 spiro atoms. The van der Waals surface area contributed by atoms with E-state index in [0.717, 1.165) is 45.3 Å². The van der Waals surface area contributed by atoms with Crippen LogP contribution in [0, 0.1) is 0 Å². The number of aromatic nitrogens is 1. The molecule has 7 heteroatoms. The Kier molecular flexibility index (Phi) is 6.69. The van der Waals surface area contributed by atoms with E-state index in [1.165, 1.54) is 11.8 Å². The molecule has 1 saturated heterocycles. The van der Waals surface area contributed by atoms with Crippen LogP contribution in [0.3, 0.4) is 0 Å². The molecule has 2 heterocycles. The van der Waals surface area contributed by atoms with Crippen molar-refractivity contribution in [3.05, 3.63) is 54.1 Å². The number of carbonyl (C=O) groups is 1. The molecular weight excluding hydrogens is 404 g/mol. The van der Waals surface area contributed by atoms with Gasteiger partial charge in [-0.15, -0.1) is 11.3 Å². The molecule has 1 N–H and O–H groups in total. The zero-order valence-electron chi connectivity index (χ0n) is 16.3. The van der Waals surface area contributed by atoms with E-state index < -0.39 is 0 Å². The summed E-state index contributed by atoms with van der Waals surface area (Å²) in [5.41, 5.74) is 1.89. The number of nitrogens with one attached hydrogen (secondary N) is 1. The molecule has 29 heavy (non-hydrogen) atoms. The first-order valence-electron chi connectivity index (χ1n) is 9.87. The number of fused-ring (bicyclic) bond motifs is 1. The van der Waals surface area contributed by atoms with Gasteiger partial charge >= 0.3 is 0 Å². The molecule has 0 saturated carbocycles. The van der Waals surface area contributed by atoms with Gasteiger partial charge in [0.05, 0.1) is 22.9 Å². The van der Waals surface area contributed by atoms with Crippen molar-refractivity contribution in [2.45, 2.75) is 35.5 Å². The lowest BCUT2D eigenvalue weighted by atomic mass is 10.1. The maximum absolute atomic E-state index is 13.0. The minimum Gasteiger partial charge on any atom is -0.494 e. The monoisotopic (exact) mass is 428 g/mol. The lowest BCUT2D eigenvalue weighted by Crippen LogP contribution is -2.34. The number of hydrogen-bond acceptors (Lipinski definition) is 6. The normalized spacial score (nSPS) is 17.3. The molecule has 4 rings (SSSR count). The van der Waals surface area contributed by atoms with Gasteiger partial charge in [0.25, 0.3) is 0 Å². The number of amides is 1. The summed E-state index contributed by atoms with van der Waals surface area (Å²) in [6.07, 6.45) is 2.19. The predicted molar refractivity (Wildman–Crippen MR) is 118 cm³/mol. The molecule has 3 aromatic rings. The standard InChI is InChI=1S/C22H24N2O3S2/c1-2-26-16-10-11-18-19(13-16)28-22(24-18)29-20(15-7-4-3-5-8-15)21(25)23-14-17-9-6-12-27-17/h3-5,7-8,10-11,13,17,20H,2,6,9,12,14H2,1H3,(H,23,25)/t17-,20-/m0/s1. The molecule has 2 atom stereocenters. The largest absolute Gasteiger partial charge is 0.494 e. The summed E-state index contributed by atoms with van der Waals surface area (Å²) in [5.74, 6) is 0.833. The van der Waals surface area contributed by atoms with E-state index >= 15 is 0 Å². The molecule has 1 aromatic heterocycles. The van der Waals surface area contributed by atoms with Crippen molar-refractivity contribution in [2.24, 2.45) is 0 Å². The molecule has 1 aliphatic heterocycles. The summed E-state index contributed by atoms with van der Waals surface area (Å²) < 4.78 is 13.2. The minimum atomic E-state index is -0.357. The van der Waals surface area contributed by atoms with Gasteiger partial charge in [-0.05, 0) is 43.5 Å². The van der Waals surface area contributed by atoms with Crippen LogP contribution in [0.25, 0.3) is 10.2 Å². The topological polar surface area (TPSA) is 60.5 Å². The van der Waals surface area contributed by atoms with Gasteiger partial charge in [-0.1, -0.05) is 42.1 Å². The maximum Gasteiger partial charge on any atom is 0.238 e. The van der Waals surface area contributed by atoms with Crippen LogP contribution in [0.15, 0.2) is 52.9 Å². The molecule has 1 aliphatic rings. The van der Waals surface area contributed by atoms with E-state index in [2.05, 4.69) is 5.32 Å². The zero-order chi connectivity index (χ0) is 20.1. The second-order valence-corrected chi connectivity index (χ2v) is 9.21. The number of thioether (sulfide) groups is 1. The van der Waals surface area contributed by atoms with Crippen molar-refractivity contribution in [2.75, 3.05) is 19.8 Å².